The zero-order valence-electron chi connectivity index (χ0n) is 14.2. The van der Waals surface area contributed by atoms with Crippen LogP contribution in [0.15, 0.2) is 42.6 Å². The third-order valence-electron chi connectivity index (χ3n) is 4.10. The van der Waals surface area contributed by atoms with E-state index in [1.807, 2.05) is 37.3 Å². The highest BCUT2D eigenvalue weighted by Gasteiger charge is 2.16. The van der Waals surface area contributed by atoms with Crippen molar-refractivity contribution in [2.24, 2.45) is 0 Å². The van der Waals surface area contributed by atoms with Crippen molar-refractivity contribution >= 4 is 11.7 Å². The fourth-order valence-corrected chi connectivity index (χ4v) is 2.78. The van der Waals surface area contributed by atoms with Crippen LogP contribution in [0.25, 0.3) is 0 Å². The second-order valence-electron chi connectivity index (χ2n) is 6.29. The molecule has 1 atom stereocenters. The number of hydrogen-bond donors (Lipinski definition) is 1. The lowest BCUT2D eigenvalue weighted by molar-refractivity contribution is -0.0212. The highest BCUT2D eigenvalue weighted by atomic mass is 16.5. The topological polar surface area (TPSA) is 54.5 Å². The van der Waals surface area contributed by atoms with Crippen LogP contribution in [-0.2, 0) is 11.3 Å². The summed E-state index contributed by atoms with van der Waals surface area (Å²) in [4.78, 5) is 18.8. The molecule has 1 aromatic heterocycles. The van der Waals surface area contributed by atoms with E-state index in [-0.39, 0.29) is 12.0 Å². The Kier molecular flexibility index (Phi) is 5.23. The molecule has 126 valence electrons. The average Bonchev–Trinajstić information content (AvgIpc) is 2.57. The van der Waals surface area contributed by atoms with E-state index in [1.54, 1.807) is 12.3 Å². The molecule has 2 heterocycles. The molecule has 5 nitrogen and oxygen atoms in total. The van der Waals surface area contributed by atoms with E-state index in [0.29, 0.717) is 11.4 Å². The lowest BCUT2D eigenvalue weighted by Crippen LogP contribution is -2.40. The van der Waals surface area contributed by atoms with Crippen LogP contribution in [0, 0.1) is 6.92 Å². The van der Waals surface area contributed by atoms with Gasteiger partial charge in [0.25, 0.3) is 5.91 Å². The van der Waals surface area contributed by atoms with Gasteiger partial charge in [-0.05, 0) is 43.2 Å². The molecule has 0 unspecified atom stereocenters. The van der Waals surface area contributed by atoms with Gasteiger partial charge in [0.15, 0.2) is 0 Å². The summed E-state index contributed by atoms with van der Waals surface area (Å²) in [5, 5.41) is 2.82. The number of ether oxygens (including phenoxy) is 1. The molecular weight excluding hydrogens is 302 g/mol. The number of carbonyl (C=O) groups excluding carboxylic acids is 1. The van der Waals surface area contributed by atoms with Gasteiger partial charge >= 0.3 is 0 Å². The van der Waals surface area contributed by atoms with Gasteiger partial charge in [0, 0.05) is 31.4 Å². The first-order chi connectivity index (χ1) is 11.6. The third kappa shape index (κ3) is 4.40. The van der Waals surface area contributed by atoms with Crippen molar-refractivity contribution in [1.29, 1.82) is 0 Å². The van der Waals surface area contributed by atoms with E-state index in [4.69, 9.17) is 4.74 Å². The van der Waals surface area contributed by atoms with E-state index in [1.165, 1.54) is 5.56 Å². The maximum Gasteiger partial charge on any atom is 0.256 e. The Morgan fingerprint density at radius 1 is 1.29 bits per heavy atom. The first-order valence-electron chi connectivity index (χ1n) is 8.27. The van der Waals surface area contributed by atoms with Crippen LogP contribution in [0.4, 0.5) is 5.82 Å². The van der Waals surface area contributed by atoms with Crippen LogP contribution >= 0.6 is 0 Å². The quantitative estimate of drug-likeness (QED) is 0.939. The van der Waals surface area contributed by atoms with Gasteiger partial charge < -0.3 is 10.1 Å². The Hall–Kier alpha value is -2.24. The van der Waals surface area contributed by atoms with Gasteiger partial charge in [0.05, 0.1) is 12.7 Å². The van der Waals surface area contributed by atoms with Crippen LogP contribution in [0.5, 0.6) is 0 Å². The number of carbonyl (C=O) groups is 1. The van der Waals surface area contributed by atoms with Gasteiger partial charge in [-0.3, -0.25) is 9.69 Å². The highest BCUT2D eigenvalue weighted by Crippen LogP contribution is 2.13. The molecule has 0 radical (unpaired) electrons. The predicted octanol–water partition coefficient (Wildman–Crippen LogP) is 2.86. The molecule has 0 spiro atoms. The van der Waals surface area contributed by atoms with Gasteiger partial charge in [-0.2, -0.15) is 0 Å². The number of nitrogens with zero attached hydrogens (tertiary/aromatic N) is 2. The molecule has 5 heteroatoms. The zero-order valence-corrected chi connectivity index (χ0v) is 14.2. The molecule has 2 aromatic rings. The van der Waals surface area contributed by atoms with Gasteiger partial charge in [0.1, 0.15) is 5.82 Å². The standard InChI is InChI=1S/C19H23N3O2/c1-14-3-8-18(20-11-14)21-19(23)17-6-4-16(5-7-17)13-22-9-10-24-15(2)12-22/h3-8,11,15H,9-10,12-13H2,1-2H3,(H,20,21,23)/t15-/m1/s1. The molecule has 3 rings (SSSR count). The number of benzene rings is 1. The summed E-state index contributed by atoms with van der Waals surface area (Å²) >= 11 is 0. The van der Waals surface area contributed by atoms with Crippen molar-refractivity contribution in [2.75, 3.05) is 25.0 Å². The Morgan fingerprint density at radius 2 is 2.08 bits per heavy atom. The van der Waals surface area contributed by atoms with Crippen molar-refractivity contribution < 1.29 is 9.53 Å². The van der Waals surface area contributed by atoms with Gasteiger partial charge in [-0.25, -0.2) is 4.98 Å². The van der Waals surface area contributed by atoms with Crippen LogP contribution in [0.2, 0.25) is 0 Å². The first-order valence-corrected chi connectivity index (χ1v) is 8.27. The number of hydrogen-bond acceptors (Lipinski definition) is 4. The summed E-state index contributed by atoms with van der Waals surface area (Å²) in [6.45, 7) is 7.62. The number of aromatic nitrogens is 1. The summed E-state index contributed by atoms with van der Waals surface area (Å²) in [5.41, 5.74) is 2.90. The zero-order chi connectivity index (χ0) is 16.9. The van der Waals surface area contributed by atoms with E-state index in [9.17, 15) is 4.79 Å². The summed E-state index contributed by atoms with van der Waals surface area (Å²) in [5.74, 6) is 0.426. The third-order valence-corrected chi connectivity index (χ3v) is 4.10. The summed E-state index contributed by atoms with van der Waals surface area (Å²) in [6.07, 6.45) is 2.02. The lowest BCUT2D eigenvalue weighted by atomic mass is 10.1. The number of nitrogens with one attached hydrogen (secondary N) is 1. The maximum absolute atomic E-state index is 12.3. The molecule has 0 aliphatic carbocycles. The van der Waals surface area contributed by atoms with Gasteiger partial charge in [-0.15, -0.1) is 0 Å². The molecular formula is C19H23N3O2. The van der Waals surface area contributed by atoms with Crippen LogP contribution in [0.1, 0.15) is 28.4 Å². The first kappa shape index (κ1) is 16.6. The minimum atomic E-state index is -0.141. The normalized spacial score (nSPS) is 18.3. The fraction of sp³-hybridized carbons (Fsp3) is 0.368. The fourth-order valence-electron chi connectivity index (χ4n) is 2.78. The Balaban J connectivity index is 1.59. The van der Waals surface area contributed by atoms with Crippen molar-refractivity contribution in [2.45, 2.75) is 26.5 Å². The number of morpholine rings is 1. The molecule has 0 bridgehead atoms. The molecule has 1 fully saturated rings. The number of amides is 1. The number of pyridine rings is 1. The number of rotatable bonds is 4. The van der Waals surface area contributed by atoms with E-state index in [0.717, 1.165) is 31.8 Å². The molecule has 0 saturated carbocycles. The molecule has 1 saturated heterocycles. The average molecular weight is 325 g/mol. The van der Waals surface area contributed by atoms with E-state index < -0.39 is 0 Å². The monoisotopic (exact) mass is 325 g/mol. The summed E-state index contributed by atoms with van der Waals surface area (Å²) < 4.78 is 5.56. The number of anilines is 1. The molecule has 24 heavy (non-hydrogen) atoms. The highest BCUT2D eigenvalue weighted by molar-refractivity contribution is 6.03. The van der Waals surface area contributed by atoms with Crippen molar-refractivity contribution in [3.05, 3.63) is 59.3 Å². The van der Waals surface area contributed by atoms with Crippen LogP contribution in [-0.4, -0.2) is 41.6 Å². The largest absolute Gasteiger partial charge is 0.376 e. The van der Waals surface area contributed by atoms with Crippen LogP contribution < -0.4 is 5.32 Å². The van der Waals surface area contributed by atoms with Crippen molar-refractivity contribution in [1.82, 2.24) is 9.88 Å². The van der Waals surface area contributed by atoms with Gasteiger partial charge in [0.2, 0.25) is 0 Å². The van der Waals surface area contributed by atoms with E-state index in [2.05, 4.69) is 22.1 Å². The molecule has 1 aliphatic rings. The Labute approximate surface area is 142 Å². The van der Waals surface area contributed by atoms with Crippen molar-refractivity contribution in [3.63, 3.8) is 0 Å². The SMILES string of the molecule is Cc1ccc(NC(=O)c2ccc(CN3CCO[C@H](C)C3)cc2)nc1. The Morgan fingerprint density at radius 3 is 2.75 bits per heavy atom. The summed E-state index contributed by atoms with van der Waals surface area (Å²) in [6, 6.07) is 11.5. The lowest BCUT2D eigenvalue weighted by Gasteiger charge is -2.31. The smallest absolute Gasteiger partial charge is 0.256 e. The van der Waals surface area contributed by atoms with Gasteiger partial charge in [-0.1, -0.05) is 18.2 Å². The number of aryl methyl sites for hydroxylation is 1. The minimum absolute atomic E-state index is 0.141. The molecule has 1 aromatic carbocycles. The van der Waals surface area contributed by atoms with Crippen LogP contribution in [0.3, 0.4) is 0 Å². The molecule has 1 N–H and O–H groups in total. The summed E-state index contributed by atoms with van der Waals surface area (Å²) in [7, 11) is 0. The second-order valence-corrected chi connectivity index (χ2v) is 6.29. The predicted molar refractivity (Wildman–Crippen MR) is 94.1 cm³/mol. The Bertz CT molecular complexity index is 683. The molecule has 1 aliphatic heterocycles. The molecule has 1 amide bonds. The van der Waals surface area contributed by atoms with Crippen molar-refractivity contribution in [3.8, 4) is 0 Å². The van der Waals surface area contributed by atoms with E-state index >= 15 is 0 Å². The minimum Gasteiger partial charge on any atom is -0.376 e. The second kappa shape index (κ2) is 7.55. The maximum atomic E-state index is 12.3.